The number of carbonyl (C=O) groups is 2. The van der Waals surface area contributed by atoms with Crippen molar-refractivity contribution < 1.29 is 36.6 Å². The van der Waals surface area contributed by atoms with Gasteiger partial charge in [-0.05, 0) is 53.2 Å². The lowest BCUT2D eigenvalue weighted by atomic mass is 10.0. The van der Waals surface area contributed by atoms with Crippen LogP contribution in [0, 0.1) is 29.1 Å². The number of carbonyl (C=O) groups excluding carboxylic acids is 1. The molecule has 1 amide bonds. The lowest BCUT2D eigenvalue weighted by molar-refractivity contribution is -0.136. The maximum Gasteiger partial charge on any atom is 0.307 e. The van der Waals surface area contributed by atoms with Gasteiger partial charge in [0.2, 0.25) is 0 Å². The Kier molecular flexibility index (Phi) is 6.70. The lowest BCUT2D eigenvalue weighted by Crippen LogP contribution is -2.07. The number of anilines is 1. The van der Waals surface area contributed by atoms with Crippen LogP contribution in [0.5, 0.6) is 0 Å². The van der Waals surface area contributed by atoms with Crippen molar-refractivity contribution in [1.82, 2.24) is 0 Å². The summed E-state index contributed by atoms with van der Waals surface area (Å²) in [7, 11) is 0. The first-order valence-electron chi connectivity index (χ1n) is 9.85. The third kappa shape index (κ3) is 5.40. The molecular weight excluding hydrogens is 491 g/mol. The fourth-order valence-electron chi connectivity index (χ4n) is 3.21. The molecule has 0 saturated heterocycles. The quantitative estimate of drug-likeness (QED) is 0.263. The van der Waals surface area contributed by atoms with E-state index in [1.165, 1.54) is 30.3 Å². The van der Waals surface area contributed by atoms with Crippen LogP contribution in [0.25, 0.3) is 17.2 Å². The second-order valence-corrected chi connectivity index (χ2v) is 8.35. The molecular formula is C24H13F5N2O3S. The highest BCUT2D eigenvalue weighted by Crippen LogP contribution is 2.32. The number of rotatable bonds is 5. The summed E-state index contributed by atoms with van der Waals surface area (Å²) in [5, 5.41) is 11.6. The van der Waals surface area contributed by atoms with Crippen LogP contribution in [0.1, 0.15) is 11.1 Å². The summed E-state index contributed by atoms with van der Waals surface area (Å²) in [6, 6.07) is 8.21. The van der Waals surface area contributed by atoms with Gasteiger partial charge in [-0.3, -0.25) is 9.59 Å². The zero-order valence-electron chi connectivity index (χ0n) is 17.4. The molecule has 3 aromatic carbocycles. The zero-order chi connectivity index (χ0) is 25.3. The summed E-state index contributed by atoms with van der Waals surface area (Å²) in [5.41, 5.74) is -0.180. The molecule has 5 nitrogen and oxygen atoms in total. The fourth-order valence-corrected chi connectivity index (χ4v) is 4.04. The molecule has 11 heteroatoms. The van der Waals surface area contributed by atoms with Crippen molar-refractivity contribution in [3.63, 3.8) is 0 Å². The molecule has 0 aliphatic carbocycles. The highest BCUT2D eigenvalue weighted by Gasteiger charge is 2.23. The number of hydrogen-bond donors (Lipinski definition) is 2. The van der Waals surface area contributed by atoms with Crippen molar-refractivity contribution in [3.05, 3.63) is 93.6 Å². The standard InChI is InChI=1S/C24H13F5N2O3S/c25-16-5-11(15-9-19(28)20(29)10-18(15)27)1-2-12(16)6-21-23(34)31-24(35-21)30-14-4-3-13(7-22(32)33)17(26)8-14/h1-6,8-10H,7H2,(H,32,33)(H,30,31,34)/b21-6+. The number of nitrogens with one attached hydrogen (secondary N) is 1. The smallest absolute Gasteiger partial charge is 0.307 e. The molecule has 1 aliphatic rings. The molecule has 0 atom stereocenters. The van der Waals surface area contributed by atoms with Crippen molar-refractivity contribution >= 4 is 40.6 Å². The Labute approximate surface area is 199 Å². The molecule has 4 rings (SSSR count). The molecule has 0 saturated carbocycles. The Morgan fingerprint density at radius 1 is 0.914 bits per heavy atom. The molecule has 178 valence electrons. The zero-order valence-corrected chi connectivity index (χ0v) is 18.2. The minimum Gasteiger partial charge on any atom is -0.481 e. The summed E-state index contributed by atoms with van der Waals surface area (Å²) in [4.78, 5) is 26.8. The number of benzene rings is 3. The third-order valence-corrected chi connectivity index (χ3v) is 5.77. The molecule has 0 unspecified atom stereocenters. The van der Waals surface area contributed by atoms with Gasteiger partial charge < -0.3 is 10.4 Å². The van der Waals surface area contributed by atoms with Gasteiger partial charge >= 0.3 is 5.97 Å². The number of thioether (sulfide) groups is 1. The molecule has 3 aromatic rings. The Balaban J connectivity index is 1.51. The number of amidine groups is 1. The van der Waals surface area contributed by atoms with Crippen molar-refractivity contribution in [2.24, 2.45) is 4.99 Å². The van der Waals surface area contributed by atoms with E-state index in [9.17, 15) is 31.5 Å². The number of aliphatic carboxylic acids is 1. The Bertz CT molecular complexity index is 1440. The van der Waals surface area contributed by atoms with Crippen LogP contribution in [0.2, 0.25) is 0 Å². The van der Waals surface area contributed by atoms with Crippen LogP contribution in [0.15, 0.2) is 58.4 Å². The van der Waals surface area contributed by atoms with E-state index in [4.69, 9.17) is 5.11 Å². The number of nitrogens with zero attached hydrogens (tertiary/aromatic N) is 1. The number of hydrogen-bond acceptors (Lipinski definition) is 4. The summed E-state index contributed by atoms with van der Waals surface area (Å²) >= 11 is 0.860. The van der Waals surface area contributed by atoms with Crippen LogP contribution in [0.4, 0.5) is 27.6 Å². The van der Waals surface area contributed by atoms with E-state index >= 15 is 0 Å². The van der Waals surface area contributed by atoms with Crippen LogP contribution in [-0.2, 0) is 16.0 Å². The summed E-state index contributed by atoms with van der Waals surface area (Å²) in [6.45, 7) is 0. The molecule has 0 fully saturated rings. The Morgan fingerprint density at radius 2 is 1.66 bits per heavy atom. The first-order chi connectivity index (χ1) is 16.6. The van der Waals surface area contributed by atoms with Crippen LogP contribution < -0.4 is 5.32 Å². The SMILES string of the molecule is O=C(O)Cc1ccc(NC2=NC(=O)/C(=C\c3ccc(-c4cc(F)c(F)cc4F)cc3F)S2)cc1F. The first-order valence-corrected chi connectivity index (χ1v) is 10.7. The molecule has 1 aliphatic heterocycles. The second kappa shape index (κ2) is 9.71. The topological polar surface area (TPSA) is 78.8 Å². The first kappa shape index (κ1) is 24.1. The third-order valence-electron chi connectivity index (χ3n) is 4.87. The number of aliphatic imine (C=N–C) groups is 1. The van der Waals surface area contributed by atoms with E-state index in [1.54, 1.807) is 0 Å². The molecule has 2 N–H and O–H groups in total. The predicted octanol–water partition coefficient (Wildman–Crippen LogP) is 5.76. The maximum absolute atomic E-state index is 14.7. The number of halogens is 5. The number of carboxylic acids is 1. The van der Waals surface area contributed by atoms with Crippen LogP contribution in [-0.4, -0.2) is 22.2 Å². The van der Waals surface area contributed by atoms with Crippen molar-refractivity contribution in [2.75, 3.05) is 5.32 Å². The van der Waals surface area contributed by atoms with Crippen molar-refractivity contribution in [2.45, 2.75) is 6.42 Å². The number of carboxylic acid groups (broad SMARTS) is 1. The molecule has 1 heterocycles. The molecule has 35 heavy (non-hydrogen) atoms. The van der Waals surface area contributed by atoms with E-state index in [-0.39, 0.29) is 38.0 Å². The van der Waals surface area contributed by atoms with Crippen molar-refractivity contribution in [3.8, 4) is 11.1 Å². The monoisotopic (exact) mass is 504 g/mol. The van der Waals surface area contributed by atoms with Gasteiger partial charge in [0.25, 0.3) is 5.91 Å². The maximum atomic E-state index is 14.7. The molecule has 0 aromatic heterocycles. The average molecular weight is 504 g/mol. The second-order valence-electron chi connectivity index (χ2n) is 7.32. The number of amides is 1. The largest absolute Gasteiger partial charge is 0.481 e. The highest BCUT2D eigenvalue weighted by atomic mass is 32.2. The van der Waals surface area contributed by atoms with E-state index in [2.05, 4.69) is 10.3 Å². The predicted molar refractivity (Wildman–Crippen MR) is 121 cm³/mol. The summed E-state index contributed by atoms with van der Waals surface area (Å²) in [6.07, 6.45) is 0.725. The van der Waals surface area contributed by atoms with Gasteiger partial charge in [-0.1, -0.05) is 18.2 Å². The minimum absolute atomic E-state index is 0.0112. The highest BCUT2D eigenvalue weighted by molar-refractivity contribution is 8.18. The van der Waals surface area contributed by atoms with E-state index in [0.29, 0.717) is 12.1 Å². The van der Waals surface area contributed by atoms with Gasteiger partial charge in [-0.2, -0.15) is 4.99 Å². The summed E-state index contributed by atoms with van der Waals surface area (Å²) < 4.78 is 69.3. The van der Waals surface area contributed by atoms with E-state index in [1.807, 2.05) is 0 Å². The van der Waals surface area contributed by atoms with Gasteiger partial charge in [0.1, 0.15) is 17.5 Å². The van der Waals surface area contributed by atoms with Crippen LogP contribution >= 0.6 is 11.8 Å². The normalized spacial score (nSPS) is 14.4. The van der Waals surface area contributed by atoms with Crippen LogP contribution in [0.3, 0.4) is 0 Å². The van der Waals surface area contributed by atoms with E-state index < -0.39 is 47.4 Å². The fraction of sp³-hybridized carbons (Fsp3) is 0.0417. The molecule has 0 radical (unpaired) electrons. The van der Waals surface area contributed by atoms with Gasteiger partial charge in [-0.15, -0.1) is 0 Å². The Hall–Kier alpha value is -3.99. The Morgan fingerprint density at radius 3 is 2.34 bits per heavy atom. The summed E-state index contributed by atoms with van der Waals surface area (Å²) in [5.74, 6) is -7.17. The van der Waals surface area contributed by atoms with Gasteiger partial charge in [0.05, 0.1) is 11.3 Å². The average Bonchev–Trinajstić information content (AvgIpc) is 3.12. The molecule has 0 bridgehead atoms. The minimum atomic E-state index is -1.37. The van der Waals surface area contributed by atoms with Crippen molar-refractivity contribution in [1.29, 1.82) is 0 Å². The van der Waals surface area contributed by atoms with Gasteiger partial charge in [0, 0.05) is 22.9 Å². The van der Waals surface area contributed by atoms with E-state index in [0.717, 1.165) is 23.9 Å². The van der Waals surface area contributed by atoms with Gasteiger partial charge in [0.15, 0.2) is 16.8 Å². The van der Waals surface area contributed by atoms with Gasteiger partial charge in [-0.25, -0.2) is 22.0 Å². The molecule has 0 spiro atoms. The lowest BCUT2D eigenvalue weighted by Gasteiger charge is -2.07.